The Bertz CT molecular complexity index is 1640. The van der Waals surface area contributed by atoms with Gasteiger partial charge in [-0.05, 0) is 49.9 Å². The lowest BCUT2D eigenvalue weighted by Gasteiger charge is -2.38. The number of fused-ring (bicyclic) bond motifs is 4. The smallest absolute Gasteiger partial charge is 0.134 e. The highest BCUT2D eigenvalue weighted by Crippen LogP contribution is 2.58. The Balaban J connectivity index is 1.45. The minimum atomic E-state index is -0.110. The molecule has 0 spiro atoms. The average molecular weight is 699 g/mol. The molecule has 0 saturated heterocycles. The van der Waals surface area contributed by atoms with E-state index in [0.717, 1.165) is 93.9 Å². The highest BCUT2D eigenvalue weighted by atomic mass is 16.5. The van der Waals surface area contributed by atoms with Gasteiger partial charge in [0.1, 0.15) is 72.4 Å². The van der Waals surface area contributed by atoms with Gasteiger partial charge in [-0.3, -0.25) is 0 Å². The van der Waals surface area contributed by atoms with Crippen molar-refractivity contribution in [2.24, 2.45) is 0 Å². The molecule has 2 aliphatic rings. The first-order valence-electron chi connectivity index (χ1n) is 18.7. The third-order valence-electron chi connectivity index (χ3n) is 9.05. The Kier molecular flexibility index (Phi) is 12.8. The number of hydrogen-bond donors (Lipinski definition) is 0. The Morgan fingerprint density at radius 3 is 0.865 bits per heavy atom. The second-order valence-electron chi connectivity index (χ2n) is 12.7. The monoisotopic (exact) mass is 698 g/mol. The number of benzene rings is 4. The molecule has 0 atom stereocenters. The summed E-state index contributed by atoms with van der Waals surface area (Å²) in [4.78, 5) is 0. The molecule has 6 heteroatoms. The van der Waals surface area contributed by atoms with E-state index in [2.05, 4.69) is 76.3 Å². The van der Waals surface area contributed by atoms with Crippen molar-refractivity contribution < 1.29 is 28.4 Å². The highest BCUT2D eigenvalue weighted by molar-refractivity contribution is 5.65. The second-order valence-corrected chi connectivity index (χ2v) is 12.7. The third-order valence-corrected chi connectivity index (χ3v) is 9.05. The van der Waals surface area contributed by atoms with Gasteiger partial charge in [0.15, 0.2) is 0 Å². The van der Waals surface area contributed by atoms with E-state index in [1.165, 1.54) is 0 Å². The zero-order valence-corrected chi connectivity index (χ0v) is 30.8. The molecule has 0 unspecified atom stereocenters. The molecule has 0 radical (unpaired) electrons. The molecule has 0 aliphatic carbocycles. The first kappa shape index (κ1) is 36.4. The fraction of sp³-hybridized carbons (Fsp3) is 0.304. The molecule has 0 amide bonds. The first-order chi connectivity index (χ1) is 25.6. The summed E-state index contributed by atoms with van der Waals surface area (Å²) in [6, 6.07) is 24.8. The van der Waals surface area contributed by atoms with E-state index >= 15 is 0 Å². The van der Waals surface area contributed by atoms with E-state index in [9.17, 15) is 0 Å². The Morgan fingerprint density at radius 2 is 0.635 bits per heavy atom. The summed E-state index contributed by atoms with van der Waals surface area (Å²) in [6.07, 6.45) is 20.5. The molecule has 4 aromatic rings. The zero-order chi connectivity index (χ0) is 36.1. The number of allylic oxidation sites excluding steroid dienone is 4. The number of ether oxygens (including phenoxy) is 6. The Labute approximate surface area is 309 Å². The van der Waals surface area contributed by atoms with Crippen LogP contribution in [0, 0.1) is 0 Å². The van der Waals surface area contributed by atoms with Crippen LogP contribution in [0.1, 0.15) is 87.5 Å². The van der Waals surface area contributed by atoms with Crippen LogP contribution in [0.3, 0.4) is 0 Å². The lowest BCUT2D eigenvalue weighted by Crippen LogP contribution is -2.22. The topological polar surface area (TPSA) is 55.4 Å². The van der Waals surface area contributed by atoms with Crippen LogP contribution in [-0.4, -0.2) is 26.4 Å². The van der Waals surface area contributed by atoms with E-state index in [4.69, 9.17) is 28.4 Å². The van der Waals surface area contributed by atoms with Crippen molar-refractivity contribution >= 4 is 0 Å². The molecule has 6 rings (SSSR count). The van der Waals surface area contributed by atoms with Crippen molar-refractivity contribution in [3.8, 4) is 46.0 Å². The van der Waals surface area contributed by atoms with Crippen molar-refractivity contribution in [3.63, 3.8) is 0 Å². The van der Waals surface area contributed by atoms with Crippen molar-refractivity contribution in [3.05, 3.63) is 144 Å². The molecule has 2 heterocycles. The third kappa shape index (κ3) is 8.74. The normalized spacial score (nSPS) is 15.9. The lowest BCUT2D eigenvalue weighted by atomic mass is 9.71. The minimum absolute atomic E-state index is 0.110. The molecule has 0 fully saturated rings. The summed E-state index contributed by atoms with van der Waals surface area (Å²) in [7, 11) is 0. The van der Waals surface area contributed by atoms with Crippen molar-refractivity contribution in [2.75, 3.05) is 26.4 Å². The fourth-order valence-corrected chi connectivity index (χ4v) is 6.61. The fourth-order valence-electron chi connectivity index (χ4n) is 6.61. The molecule has 2 aliphatic heterocycles. The van der Waals surface area contributed by atoms with Crippen LogP contribution in [0.5, 0.6) is 46.0 Å². The van der Waals surface area contributed by atoms with Gasteiger partial charge in [0.05, 0.1) is 0 Å². The molecule has 0 bridgehead atoms. The summed E-state index contributed by atoms with van der Waals surface area (Å²) >= 11 is 0. The van der Waals surface area contributed by atoms with Gasteiger partial charge in [-0.25, -0.2) is 0 Å². The summed E-state index contributed by atoms with van der Waals surface area (Å²) in [6.45, 7) is 10.4. The maximum absolute atomic E-state index is 6.70. The van der Waals surface area contributed by atoms with Gasteiger partial charge in [0.25, 0.3) is 0 Å². The average Bonchev–Trinajstić information content (AvgIpc) is 3.16. The van der Waals surface area contributed by atoms with Crippen LogP contribution >= 0.6 is 0 Å². The quantitative estimate of drug-likeness (QED) is 0.102. The maximum Gasteiger partial charge on any atom is 0.134 e. The van der Waals surface area contributed by atoms with Crippen LogP contribution in [0.15, 0.2) is 121 Å². The van der Waals surface area contributed by atoms with Gasteiger partial charge in [0, 0.05) is 58.4 Å². The summed E-state index contributed by atoms with van der Waals surface area (Å²) in [5.74, 6) is 5.84. The van der Waals surface area contributed by atoms with Gasteiger partial charge in [-0.1, -0.05) is 101 Å². The van der Waals surface area contributed by atoms with Gasteiger partial charge < -0.3 is 28.4 Å². The van der Waals surface area contributed by atoms with Gasteiger partial charge in [-0.15, -0.1) is 0 Å². The maximum atomic E-state index is 6.70. The van der Waals surface area contributed by atoms with Crippen molar-refractivity contribution in [1.82, 2.24) is 0 Å². The Hall–Kier alpha value is -5.36. The summed E-state index contributed by atoms with van der Waals surface area (Å²) < 4.78 is 37.9. The van der Waals surface area contributed by atoms with Gasteiger partial charge >= 0.3 is 0 Å². The molecule has 4 aromatic carbocycles. The van der Waals surface area contributed by atoms with E-state index in [0.29, 0.717) is 26.4 Å². The predicted octanol–water partition coefficient (Wildman–Crippen LogP) is 12.2. The van der Waals surface area contributed by atoms with Gasteiger partial charge in [0.2, 0.25) is 0 Å². The molecule has 270 valence electrons. The number of rotatable bonds is 17. The van der Waals surface area contributed by atoms with Gasteiger partial charge in [-0.2, -0.15) is 0 Å². The van der Waals surface area contributed by atoms with Crippen LogP contribution < -0.4 is 28.4 Å². The second kappa shape index (κ2) is 18.2. The standard InChI is InChI=1S/C46H50O6/c1-5-9-13-25-47-33-17-21-37-41(29-33)51-42-30-34(48-26-14-10-6-2)18-22-38(42)45(37)46-39-23-19-35(49-27-15-11-7-3)31-43(39)52-44-32-36(20-24-40(44)46)50-28-16-12-8-4/h9-24,29-32,45-46H,5-8,25-28H2,1-4H3. The lowest BCUT2D eigenvalue weighted by molar-refractivity contribution is 0.349. The predicted molar refractivity (Wildman–Crippen MR) is 209 cm³/mol. The van der Waals surface area contributed by atoms with Crippen LogP contribution in [-0.2, 0) is 0 Å². The molecule has 6 nitrogen and oxygen atoms in total. The van der Waals surface area contributed by atoms with Crippen molar-refractivity contribution in [2.45, 2.75) is 65.2 Å². The highest BCUT2D eigenvalue weighted by Gasteiger charge is 2.40. The Morgan fingerprint density at radius 1 is 0.385 bits per heavy atom. The molecular weight excluding hydrogens is 649 g/mol. The molecule has 52 heavy (non-hydrogen) atoms. The van der Waals surface area contributed by atoms with E-state index in [1.807, 2.05) is 72.8 Å². The first-order valence-corrected chi connectivity index (χ1v) is 18.7. The van der Waals surface area contributed by atoms with Crippen molar-refractivity contribution in [1.29, 1.82) is 0 Å². The van der Waals surface area contributed by atoms with E-state index in [1.54, 1.807) is 0 Å². The van der Waals surface area contributed by atoms with E-state index < -0.39 is 0 Å². The SMILES string of the molecule is CCC=CCOc1ccc2c(c1)Oc1cc(OCC=CCC)ccc1C2C1c2ccc(OCC=CCC)cc2Oc2cc(OCC=CCC)ccc21. The van der Waals surface area contributed by atoms with E-state index in [-0.39, 0.29) is 11.8 Å². The summed E-state index contributed by atoms with van der Waals surface area (Å²) in [5, 5.41) is 0. The number of hydrogen-bond acceptors (Lipinski definition) is 6. The largest absolute Gasteiger partial charge is 0.489 e. The summed E-state index contributed by atoms with van der Waals surface area (Å²) in [5.41, 5.74) is 4.29. The van der Waals surface area contributed by atoms with Crippen LogP contribution in [0.2, 0.25) is 0 Å². The molecular formula is C46H50O6. The zero-order valence-electron chi connectivity index (χ0n) is 30.8. The minimum Gasteiger partial charge on any atom is -0.489 e. The molecule has 0 aromatic heterocycles. The van der Waals surface area contributed by atoms with Crippen LogP contribution in [0.4, 0.5) is 0 Å². The van der Waals surface area contributed by atoms with Crippen LogP contribution in [0.25, 0.3) is 0 Å². The molecule has 0 N–H and O–H groups in total. The molecule has 0 saturated carbocycles.